The van der Waals surface area contributed by atoms with Gasteiger partial charge in [-0.25, -0.2) is 0 Å². The molecular weight excluding hydrogens is 246 g/mol. The van der Waals surface area contributed by atoms with Crippen molar-refractivity contribution in [2.45, 2.75) is 6.10 Å². The molecular formula is C10H10BrNO2. The third-order valence-corrected chi connectivity index (χ3v) is 2.51. The smallest absolute Gasteiger partial charge is 0.170 e. The van der Waals surface area contributed by atoms with Crippen LogP contribution in [0.2, 0.25) is 0 Å². The van der Waals surface area contributed by atoms with Gasteiger partial charge in [0.2, 0.25) is 0 Å². The number of hydrogen-bond acceptors (Lipinski definition) is 3. The van der Waals surface area contributed by atoms with Crippen molar-refractivity contribution in [2.75, 3.05) is 6.54 Å². The van der Waals surface area contributed by atoms with Crippen LogP contribution in [0, 0.1) is 0 Å². The normalized spacial score (nSPS) is 13.4. The maximum absolute atomic E-state index is 9.53. The summed E-state index contributed by atoms with van der Waals surface area (Å²) in [5, 5.41) is 10.5. The quantitative estimate of drug-likeness (QED) is 0.865. The molecule has 0 aliphatic rings. The van der Waals surface area contributed by atoms with E-state index < -0.39 is 6.10 Å². The van der Waals surface area contributed by atoms with Gasteiger partial charge in [-0.1, -0.05) is 6.07 Å². The first-order chi connectivity index (χ1) is 6.70. The topological polar surface area (TPSA) is 59.4 Å². The minimum atomic E-state index is -0.604. The van der Waals surface area contributed by atoms with Crippen molar-refractivity contribution in [3.8, 4) is 0 Å². The van der Waals surface area contributed by atoms with Gasteiger partial charge in [0.05, 0.1) is 6.10 Å². The average Bonchev–Trinajstić information content (AvgIpc) is 2.55. The summed E-state index contributed by atoms with van der Waals surface area (Å²) in [7, 11) is 0. The first-order valence-corrected chi connectivity index (χ1v) is 5.07. The lowest BCUT2D eigenvalue weighted by molar-refractivity contribution is 0.187. The highest BCUT2D eigenvalue weighted by atomic mass is 79.9. The molecule has 1 unspecified atom stereocenters. The van der Waals surface area contributed by atoms with Crippen LogP contribution in [0.25, 0.3) is 11.0 Å². The number of nitrogens with two attached hydrogens (primary N) is 1. The van der Waals surface area contributed by atoms with Crippen LogP contribution in [0.1, 0.15) is 11.7 Å². The first-order valence-electron chi connectivity index (χ1n) is 4.28. The molecule has 0 bridgehead atoms. The van der Waals surface area contributed by atoms with Crippen molar-refractivity contribution in [3.63, 3.8) is 0 Å². The molecule has 3 N–H and O–H groups in total. The van der Waals surface area contributed by atoms with Gasteiger partial charge >= 0.3 is 0 Å². The minimum absolute atomic E-state index is 0.227. The van der Waals surface area contributed by atoms with Crippen LogP contribution in [0.15, 0.2) is 33.4 Å². The molecule has 0 fully saturated rings. The van der Waals surface area contributed by atoms with E-state index in [1.807, 2.05) is 24.3 Å². The van der Waals surface area contributed by atoms with E-state index in [9.17, 15) is 5.11 Å². The Bertz CT molecular complexity index is 452. The molecule has 0 aliphatic heterocycles. The number of furan rings is 1. The fourth-order valence-electron chi connectivity index (χ4n) is 1.37. The van der Waals surface area contributed by atoms with Gasteiger partial charge in [-0.2, -0.15) is 0 Å². The van der Waals surface area contributed by atoms with Gasteiger partial charge in [0.25, 0.3) is 0 Å². The Balaban J connectivity index is 2.50. The van der Waals surface area contributed by atoms with Crippen LogP contribution < -0.4 is 5.73 Å². The van der Waals surface area contributed by atoms with E-state index in [0.717, 1.165) is 16.5 Å². The molecule has 0 radical (unpaired) electrons. The molecule has 0 aliphatic carbocycles. The lowest BCUT2D eigenvalue weighted by Crippen LogP contribution is -2.11. The highest BCUT2D eigenvalue weighted by Gasteiger charge is 2.07. The second kappa shape index (κ2) is 3.73. The largest absolute Gasteiger partial charge is 0.449 e. The molecule has 2 aromatic rings. The maximum atomic E-state index is 9.53. The molecule has 1 atom stereocenters. The molecule has 1 heterocycles. The van der Waals surface area contributed by atoms with Gasteiger partial charge in [0.15, 0.2) is 4.67 Å². The molecule has 0 saturated heterocycles. The Kier molecular flexibility index (Phi) is 2.58. The number of halogens is 1. The van der Waals surface area contributed by atoms with Crippen molar-refractivity contribution in [1.29, 1.82) is 0 Å². The van der Waals surface area contributed by atoms with Crippen molar-refractivity contribution in [3.05, 3.63) is 34.5 Å². The predicted octanol–water partition coefficient (Wildman–Crippen LogP) is 2.19. The summed E-state index contributed by atoms with van der Waals surface area (Å²) in [6.45, 7) is 0.227. The molecule has 74 valence electrons. The van der Waals surface area contributed by atoms with Crippen LogP contribution in [0.5, 0.6) is 0 Å². The number of aliphatic hydroxyl groups excluding tert-OH is 1. The summed E-state index contributed by atoms with van der Waals surface area (Å²) in [6.07, 6.45) is -0.604. The Labute approximate surface area is 89.6 Å². The van der Waals surface area contributed by atoms with E-state index in [1.54, 1.807) is 0 Å². The number of benzene rings is 1. The zero-order chi connectivity index (χ0) is 10.1. The van der Waals surface area contributed by atoms with E-state index in [1.165, 1.54) is 0 Å². The number of hydrogen-bond donors (Lipinski definition) is 2. The Morgan fingerprint density at radius 2 is 2.21 bits per heavy atom. The predicted molar refractivity (Wildman–Crippen MR) is 57.9 cm³/mol. The highest BCUT2D eigenvalue weighted by molar-refractivity contribution is 9.10. The second-order valence-electron chi connectivity index (χ2n) is 3.10. The van der Waals surface area contributed by atoms with Crippen molar-refractivity contribution >= 4 is 26.9 Å². The number of fused-ring (bicyclic) bond motifs is 1. The Morgan fingerprint density at radius 1 is 1.43 bits per heavy atom. The zero-order valence-electron chi connectivity index (χ0n) is 7.40. The lowest BCUT2D eigenvalue weighted by Gasteiger charge is -2.06. The van der Waals surface area contributed by atoms with Gasteiger partial charge in [0, 0.05) is 11.9 Å². The summed E-state index contributed by atoms with van der Waals surface area (Å²) >= 11 is 3.25. The summed E-state index contributed by atoms with van der Waals surface area (Å²) < 4.78 is 6.03. The summed E-state index contributed by atoms with van der Waals surface area (Å²) in [4.78, 5) is 0. The van der Waals surface area contributed by atoms with Gasteiger partial charge < -0.3 is 15.3 Å². The van der Waals surface area contributed by atoms with Crippen molar-refractivity contribution in [2.24, 2.45) is 5.73 Å². The van der Waals surface area contributed by atoms with Gasteiger partial charge in [-0.15, -0.1) is 0 Å². The summed E-state index contributed by atoms with van der Waals surface area (Å²) in [5.74, 6) is 0. The second-order valence-corrected chi connectivity index (χ2v) is 3.88. The maximum Gasteiger partial charge on any atom is 0.170 e. The molecule has 0 spiro atoms. The molecule has 2 rings (SSSR count). The van der Waals surface area contributed by atoms with E-state index in [2.05, 4.69) is 15.9 Å². The van der Waals surface area contributed by atoms with Gasteiger partial charge in [0.1, 0.15) is 5.58 Å². The summed E-state index contributed by atoms with van der Waals surface area (Å²) in [6, 6.07) is 7.38. The van der Waals surface area contributed by atoms with Crippen LogP contribution in [-0.2, 0) is 0 Å². The lowest BCUT2D eigenvalue weighted by atomic mass is 10.1. The van der Waals surface area contributed by atoms with Gasteiger partial charge in [-0.05, 0) is 39.7 Å². The highest BCUT2D eigenvalue weighted by Crippen LogP contribution is 2.25. The Morgan fingerprint density at radius 3 is 2.93 bits per heavy atom. The monoisotopic (exact) mass is 255 g/mol. The SMILES string of the molecule is NCC(O)c1ccc2oc(Br)cc2c1. The fourth-order valence-corrected chi connectivity index (χ4v) is 1.79. The van der Waals surface area contributed by atoms with E-state index in [-0.39, 0.29) is 6.54 Å². The minimum Gasteiger partial charge on any atom is -0.449 e. The van der Waals surface area contributed by atoms with Gasteiger partial charge in [-0.3, -0.25) is 0 Å². The van der Waals surface area contributed by atoms with Crippen LogP contribution in [0.4, 0.5) is 0 Å². The third kappa shape index (κ3) is 1.68. The fraction of sp³-hybridized carbons (Fsp3) is 0.200. The van der Waals surface area contributed by atoms with E-state index in [4.69, 9.17) is 10.2 Å². The third-order valence-electron chi connectivity index (χ3n) is 2.12. The molecule has 4 heteroatoms. The summed E-state index contributed by atoms with van der Waals surface area (Å²) in [5.41, 5.74) is 6.98. The number of rotatable bonds is 2. The molecule has 1 aromatic heterocycles. The molecule has 0 saturated carbocycles. The molecule has 14 heavy (non-hydrogen) atoms. The molecule has 3 nitrogen and oxygen atoms in total. The van der Waals surface area contributed by atoms with Crippen LogP contribution >= 0.6 is 15.9 Å². The van der Waals surface area contributed by atoms with Crippen molar-refractivity contribution in [1.82, 2.24) is 0 Å². The van der Waals surface area contributed by atoms with E-state index >= 15 is 0 Å². The standard InChI is InChI=1S/C10H10BrNO2/c11-10-4-7-3-6(8(13)5-12)1-2-9(7)14-10/h1-4,8,13H,5,12H2. The zero-order valence-corrected chi connectivity index (χ0v) is 8.99. The van der Waals surface area contributed by atoms with Crippen molar-refractivity contribution < 1.29 is 9.52 Å². The van der Waals surface area contributed by atoms with Crippen LogP contribution in [-0.4, -0.2) is 11.7 Å². The molecule has 1 aromatic carbocycles. The van der Waals surface area contributed by atoms with E-state index in [0.29, 0.717) is 4.67 Å². The Hall–Kier alpha value is -0.840. The molecule has 0 amide bonds. The average molecular weight is 256 g/mol. The first kappa shape index (κ1) is 9.71. The van der Waals surface area contributed by atoms with Crippen LogP contribution in [0.3, 0.4) is 0 Å². The number of aliphatic hydroxyl groups is 1.